The summed E-state index contributed by atoms with van der Waals surface area (Å²) >= 11 is 0. The summed E-state index contributed by atoms with van der Waals surface area (Å²) in [7, 11) is 0. The Labute approximate surface area is 94.1 Å². The van der Waals surface area contributed by atoms with Crippen LogP contribution in [0.2, 0.25) is 0 Å². The zero-order valence-corrected chi connectivity index (χ0v) is 9.19. The standard InChI is InChI=1S/C12H16FNO2/c1-8(13)9-3-2-4-10(7-9)11(14)5-6-12(15)16/h2-4,7-8,11H,5-6,14H2,1H3,(H,15,16). The van der Waals surface area contributed by atoms with Gasteiger partial charge < -0.3 is 10.8 Å². The molecule has 0 aliphatic heterocycles. The number of alkyl halides is 1. The van der Waals surface area contributed by atoms with Crippen LogP contribution in [0, 0.1) is 0 Å². The summed E-state index contributed by atoms with van der Waals surface area (Å²) in [4.78, 5) is 10.4. The third-order valence-corrected chi connectivity index (χ3v) is 2.47. The van der Waals surface area contributed by atoms with Crippen LogP contribution in [-0.2, 0) is 4.79 Å². The van der Waals surface area contributed by atoms with Crippen molar-refractivity contribution in [3.05, 3.63) is 35.4 Å². The Kier molecular flexibility index (Phi) is 4.43. The maximum absolute atomic E-state index is 13.1. The van der Waals surface area contributed by atoms with Gasteiger partial charge in [0.2, 0.25) is 0 Å². The topological polar surface area (TPSA) is 63.3 Å². The molecule has 0 fully saturated rings. The van der Waals surface area contributed by atoms with Gasteiger partial charge in [0.1, 0.15) is 6.17 Å². The molecular weight excluding hydrogens is 209 g/mol. The monoisotopic (exact) mass is 225 g/mol. The van der Waals surface area contributed by atoms with Gasteiger partial charge in [0, 0.05) is 12.5 Å². The molecule has 1 aromatic carbocycles. The first-order valence-electron chi connectivity index (χ1n) is 5.22. The molecule has 4 heteroatoms. The lowest BCUT2D eigenvalue weighted by atomic mass is 9.99. The van der Waals surface area contributed by atoms with Gasteiger partial charge in [0.15, 0.2) is 0 Å². The first-order valence-corrected chi connectivity index (χ1v) is 5.22. The number of hydrogen-bond acceptors (Lipinski definition) is 2. The SMILES string of the molecule is CC(F)c1cccc(C(N)CCC(=O)O)c1. The highest BCUT2D eigenvalue weighted by Gasteiger charge is 2.10. The van der Waals surface area contributed by atoms with E-state index in [0.717, 1.165) is 5.56 Å². The fourth-order valence-corrected chi connectivity index (χ4v) is 1.48. The largest absolute Gasteiger partial charge is 0.481 e. The van der Waals surface area contributed by atoms with Gasteiger partial charge in [-0.3, -0.25) is 4.79 Å². The van der Waals surface area contributed by atoms with Crippen LogP contribution in [-0.4, -0.2) is 11.1 Å². The molecule has 0 amide bonds. The number of carboxylic acids is 1. The lowest BCUT2D eigenvalue weighted by molar-refractivity contribution is -0.137. The summed E-state index contributed by atoms with van der Waals surface area (Å²) in [5.41, 5.74) is 7.18. The van der Waals surface area contributed by atoms with E-state index in [1.165, 1.54) is 6.92 Å². The van der Waals surface area contributed by atoms with Gasteiger partial charge in [-0.05, 0) is 24.5 Å². The predicted molar refractivity (Wildman–Crippen MR) is 59.8 cm³/mol. The second-order valence-electron chi connectivity index (χ2n) is 3.83. The fourth-order valence-electron chi connectivity index (χ4n) is 1.48. The van der Waals surface area contributed by atoms with Crippen LogP contribution in [0.25, 0.3) is 0 Å². The first kappa shape index (κ1) is 12.6. The first-order chi connectivity index (χ1) is 7.50. The van der Waals surface area contributed by atoms with Crippen molar-refractivity contribution in [1.29, 1.82) is 0 Å². The lowest BCUT2D eigenvalue weighted by Gasteiger charge is -2.12. The number of nitrogens with two attached hydrogens (primary N) is 1. The maximum Gasteiger partial charge on any atom is 0.303 e. The molecule has 0 bridgehead atoms. The minimum absolute atomic E-state index is 0.0244. The van der Waals surface area contributed by atoms with Crippen molar-refractivity contribution in [3.63, 3.8) is 0 Å². The summed E-state index contributed by atoms with van der Waals surface area (Å²) in [5.74, 6) is -0.870. The van der Waals surface area contributed by atoms with Gasteiger partial charge in [-0.25, -0.2) is 4.39 Å². The molecule has 0 heterocycles. The Bertz CT molecular complexity index is 366. The molecule has 0 spiro atoms. The fraction of sp³-hybridized carbons (Fsp3) is 0.417. The van der Waals surface area contributed by atoms with Crippen LogP contribution in [0.3, 0.4) is 0 Å². The Balaban J connectivity index is 2.71. The second-order valence-corrected chi connectivity index (χ2v) is 3.83. The van der Waals surface area contributed by atoms with Crippen LogP contribution in [0.4, 0.5) is 4.39 Å². The number of carboxylic acid groups (broad SMARTS) is 1. The maximum atomic E-state index is 13.1. The number of rotatable bonds is 5. The highest BCUT2D eigenvalue weighted by molar-refractivity contribution is 5.66. The van der Waals surface area contributed by atoms with E-state index in [2.05, 4.69) is 0 Å². The van der Waals surface area contributed by atoms with Gasteiger partial charge in [-0.1, -0.05) is 24.3 Å². The quantitative estimate of drug-likeness (QED) is 0.809. The van der Waals surface area contributed by atoms with E-state index in [4.69, 9.17) is 10.8 Å². The summed E-state index contributed by atoms with van der Waals surface area (Å²) in [6.45, 7) is 1.46. The molecule has 0 aliphatic rings. The highest BCUT2D eigenvalue weighted by atomic mass is 19.1. The van der Waals surface area contributed by atoms with Gasteiger partial charge in [0.25, 0.3) is 0 Å². The minimum Gasteiger partial charge on any atom is -0.481 e. The Morgan fingerprint density at radius 1 is 1.50 bits per heavy atom. The van der Waals surface area contributed by atoms with Crippen molar-refractivity contribution in [2.45, 2.75) is 32.0 Å². The van der Waals surface area contributed by atoms with E-state index >= 15 is 0 Å². The summed E-state index contributed by atoms with van der Waals surface area (Å²) < 4.78 is 13.1. The molecule has 3 nitrogen and oxygen atoms in total. The van der Waals surface area contributed by atoms with Crippen molar-refractivity contribution in [2.75, 3.05) is 0 Å². The van der Waals surface area contributed by atoms with Gasteiger partial charge in [-0.15, -0.1) is 0 Å². The van der Waals surface area contributed by atoms with E-state index in [9.17, 15) is 9.18 Å². The smallest absolute Gasteiger partial charge is 0.303 e. The van der Waals surface area contributed by atoms with E-state index in [1.807, 2.05) is 0 Å². The molecule has 88 valence electrons. The van der Waals surface area contributed by atoms with Crippen molar-refractivity contribution in [3.8, 4) is 0 Å². The molecule has 3 N–H and O–H groups in total. The normalized spacial score (nSPS) is 14.4. The molecule has 0 saturated carbocycles. The van der Waals surface area contributed by atoms with Crippen LogP contribution < -0.4 is 5.73 Å². The zero-order chi connectivity index (χ0) is 12.1. The third kappa shape index (κ3) is 3.62. The van der Waals surface area contributed by atoms with Crippen molar-refractivity contribution < 1.29 is 14.3 Å². The van der Waals surface area contributed by atoms with Gasteiger partial charge in [-0.2, -0.15) is 0 Å². The van der Waals surface area contributed by atoms with Crippen LogP contribution in [0.1, 0.15) is 43.1 Å². The summed E-state index contributed by atoms with van der Waals surface area (Å²) in [5, 5.41) is 8.54. The molecule has 0 aromatic heterocycles. The Morgan fingerprint density at radius 2 is 2.12 bits per heavy atom. The van der Waals surface area contributed by atoms with Gasteiger partial charge >= 0.3 is 5.97 Å². The molecule has 0 saturated heterocycles. The van der Waals surface area contributed by atoms with E-state index in [0.29, 0.717) is 12.0 Å². The Hall–Kier alpha value is -1.42. The average molecular weight is 225 g/mol. The molecule has 0 aliphatic carbocycles. The van der Waals surface area contributed by atoms with Crippen molar-refractivity contribution in [2.24, 2.45) is 5.73 Å². The second kappa shape index (κ2) is 5.61. The third-order valence-electron chi connectivity index (χ3n) is 2.47. The lowest BCUT2D eigenvalue weighted by Crippen LogP contribution is -2.12. The molecular formula is C12H16FNO2. The minimum atomic E-state index is -1.04. The highest BCUT2D eigenvalue weighted by Crippen LogP contribution is 2.22. The predicted octanol–water partition coefficient (Wildman–Crippen LogP) is 2.58. The van der Waals surface area contributed by atoms with Crippen molar-refractivity contribution in [1.82, 2.24) is 0 Å². The number of benzene rings is 1. The molecule has 1 rings (SSSR count). The van der Waals surface area contributed by atoms with E-state index < -0.39 is 12.1 Å². The number of aliphatic carboxylic acids is 1. The average Bonchev–Trinajstić information content (AvgIpc) is 2.26. The van der Waals surface area contributed by atoms with E-state index in [1.54, 1.807) is 24.3 Å². The zero-order valence-electron chi connectivity index (χ0n) is 9.19. The van der Waals surface area contributed by atoms with Crippen LogP contribution in [0.5, 0.6) is 0 Å². The van der Waals surface area contributed by atoms with Crippen LogP contribution >= 0.6 is 0 Å². The Morgan fingerprint density at radius 3 is 2.69 bits per heavy atom. The summed E-state index contributed by atoms with van der Waals surface area (Å²) in [6.07, 6.45) is -0.651. The molecule has 2 unspecified atom stereocenters. The molecule has 2 atom stereocenters. The van der Waals surface area contributed by atoms with Crippen LogP contribution in [0.15, 0.2) is 24.3 Å². The van der Waals surface area contributed by atoms with Crippen molar-refractivity contribution >= 4 is 5.97 Å². The summed E-state index contributed by atoms with van der Waals surface area (Å²) in [6, 6.07) is 6.56. The molecule has 0 radical (unpaired) electrons. The van der Waals surface area contributed by atoms with Gasteiger partial charge in [0.05, 0.1) is 0 Å². The number of carbonyl (C=O) groups is 1. The molecule has 16 heavy (non-hydrogen) atoms. The number of hydrogen-bond donors (Lipinski definition) is 2. The van der Waals surface area contributed by atoms with E-state index in [-0.39, 0.29) is 12.5 Å². The number of halogens is 1. The molecule has 1 aromatic rings.